The van der Waals surface area contributed by atoms with Gasteiger partial charge in [0.25, 0.3) is 0 Å². The van der Waals surface area contributed by atoms with Gasteiger partial charge in [0.2, 0.25) is 0 Å². The summed E-state index contributed by atoms with van der Waals surface area (Å²) in [6, 6.07) is 4.11. The highest BCUT2D eigenvalue weighted by Gasteiger charge is 2.07. The van der Waals surface area contributed by atoms with E-state index in [0.717, 1.165) is 38.0 Å². The summed E-state index contributed by atoms with van der Waals surface area (Å²) >= 11 is 0. The van der Waals surface area contributed by atoms with Crippen molar-refractivity contribution in [3.63, 3.8) is 0 Å². The maximum atomic E-state index is 8.78. The van der Waals surface area contributed by atoms with Crippen LogP contribution < -0.4 is 5.32 Å². The molecule has 2 rings (SSSR count). The molecule has 2 heterocycles. The lowest BCUT2D eigenvalue weighted by molar-refractivity contribution is 0.282. The molecule has 0 saturated heterocycles. The summed E-state index contributed by atoms with van der Waals surface area (Å²) < 4.78 is 2.22. The van der Waals surface area contributed by atoms with Crippen molar-refractivity contribution in [2.45, 2.75) is 32.4 Å². The molecular formula is C14H21N3O. The van der Waals surface area contributed by atoms with E-state index in [0.29, 0.717) is 0 Å². The van der Waals surface area contributed by atoms with Gasteiger partial charge in [0.15, 0.2) is 0 Å². The maximum Gasteiger partial charge on any atom is 0.140 e. The average molecular weight is 247 g/mol. The number of fused-ring (bicyclic) bond motifs is 1. The zero-order valence-corrected chi connectivity index (χ0v) is 10.9. The Hall–Kier alpha value is -1.39. The van der Waals surface area contributed by atoms with Gasteiger partial charge in [-0.2, -0.15) is 0 Å². The predicted octanol–water partition coefficient (Wildman–Crippen LogP) is 1.92. The summed E-state index contributed by atoms with van der Waals surface area (Å²) in [7, 11) is 1.96. The molecular weight excluding hydrogens is 226 g/mol. The van der Waals surface area contributed by atoms with Crippen molar-refractivity contribution in [3.8, 4) is 0 Å². The van der Waals surface area contributed by atoms with Crippen LogP contribution in [-0.2, 0) is 13.1 Å². The van der Waals surface area contributed by atoms with E-state index in [4.69, 9.17) is 5.11 Å². The second-order valence-corrected chi connectivity index (χ2v) is 4.54. The molecule has 98 valence electrons. The molecule has 0 aliphatic heterocycles. The van der Waals surface area contributed by atoms with Gasteiger partial charge in [-0.25, -0.2) is 4.98 Å². The van der Waals surface area contributed by atoms with Crippen molar-refractivity contribution in [2.75, 3.05) is 13.7 Å². The molecule has 2 aromatic rings. The third-order valence-corrected chi connectivity index (χ3v) is 3.14. The molecule has 0 radical (unpaired) electrons. The number of aryl methyl sites for hydroxylation is 1. The SMILES string of the molecule is CNCc1cn(CCCCCO)c2ncccc12. The number of nitrogens with one attached hydrogen (secondary N) is 1. The Kier molecular flexibility index (Phi) is 4.73. The van der Waals surface area contributed by atoms with E-state index in [2.05, 4.69) is 27.1 Å². The maximum absolute atomic E-state index is 8.78. The van der Waals surface area contributed by atoms with Crippen molar-refractivity contribution in [2.24, 2.45) is 0 Å². The fourth-order valence-corrected chi connectivity index (χ4v) is 2.27. The van der Waals surface area contributed by atoms with Crippen LogP contribution in [0.2, 0.25) is 0 Å². The smallest absolute Gasteiger partial charge is 0.140 e. The van der Waals surface area contributed by atoms with Crippen molar-refractivity contribution in [3.05, 3.63) is 30.1 Å². The zero-order chi connectivity index (χ0) is 12.8. The zero-order valence-electron chi connectivity index (χ0n) is 10.9. The molecule has 0 unspecified atom stereocenters. The number of unbranched alkanes of at least 4 members (excludes halogenated alkanes) is 2. The van der Waals surface area contributed by atoms with Crippen LogP contribution in [0.3, 0.4) is 0 Å². The molecule has 2 aromatic heterocycles. The van der Waals surface area contributed by atoms with E-state index in [1.807, 2.05) is 19.3 Å². The number of aliphatic hydroxyl groups excluding tert-OH is 1. The van der Waals surface area contributed by atoms with E-state index in [-0.39, 0.29) is 6.61 Å². The quantitative estimate of drug-likeness (QED) is 0.735. The molecule has 0 aromatic carbocycles. The number of aromatic nitrogens is 2. The Labute approximate surface area is 108 Å². The van der Waals surface area contributed by atoms with Crippen LogP contribution in [0.4, 0.5) is 0 Å². The molecule has 0 bridgehead atoms. The number of hydrogen-bond donors (Lipinski definition) is 2. The second-order valence-electron chi connectivity index (χ2n) is 4.54. The van der Waals surface area contributed by atoms with E-state index >= 15 is 0 Å². The fourth-order valence-electron chi connectivity index (χ4n) is 2.27. The first kappa shape index (κ1) is 13.1. The van der Waals surface area contributed by atoms with Crippen molar-refractivity contribution >= 4 is 11.0 Å². The highest BCUT2D eigenvalue weighted by atomic mass is 16.2. The van der Waals surface area contributed by atoms with Crippen LogP contribution in [-0.4, -0.2) is 28.3 Å². The average Bonchev–Trinajstić information content (AvgIpc) is 2.74. The van der Waals surface area contributed by atoms with Gasteiger partial charge >= 0.3 is 0 Å². The lowest BCUT2D eigenvalue weighted by Gasteiger charge is -2.03. The first-order valence-corrected chi connectivity index (χ1v) is 6.55. The minimum absolute atomic E-state index is 0.287. The normalized spacial score (nSPS) is 11.2. The molecule has 4 heteroatoms. The van der Waals surface area contributed by atoms with Crippen molar-refractivity contribution < 1.29 is 5.11 Å². The minimum Gasteiger partial charge on any atom is -0.396 e. The summed E-state index contributed by atoms with van der Waals surface area (Å²) in [5.74, 6) is 0. The van der Waals surface area contributed by atoms with Gasteiger partial charge < -0.3 is 15.0 Å². The van der Waals surface area contributed by atoms with E-state index in [1.165, 1.54) is 10.9 Å². The standard InChI is InChI=1S/C14H21N3O/c1-15-10-12-11-17(8-3-2-4-9-18)14-13(12)6-5-7-16-14/h5-7,11,15,18H,2-4,8-10H2,1H3. The van der Waals surface area contributed by atoms with Gasteiger partial charge in [-0.1, -0.05) is 0 Å². The van der Waals surface area contributed by atoms with Crippen molar-refractivity contribution in [1.82, 2.24) is 14.9 Å². The van der Waals surface area contributed by atoms with Crippen LogP contribution in [0.15, 0.2) is 24.5 Å². The second kappa shape index (κ2) is 6.52. The first-order valence-electron chi connectivity index (χ1n) is 6.55. The summed E-state index contributed by atoms with van der Waals surface area (Å²) in [6.45, 7) is 2.12. The van der Waals surface area contributed by atoms with Gasteiger partial charge in [0, 0.05) is 37.5 Å². The van der Waals surface area contributed by atoms with E-state index < -0.39 is 0 Å². The van der Waals surface area contributed by atoms with Gasteiger partial charge in [0.1, 0.15) is 5.65 Å². The molecule has 18 heavy (non-hydrogen) atoms. The third-order valence-electron chi connectivity index (χ3n) is 3.14. The minimum atomic E-state index is 0.287. The number of aliphatic hydroxyl groups is 1. The molecule has 0 atom stereocenters. The Morgan fingerprint density at radius 1 is 1.33 bits per heavy atom. The number of pyridine rings is 1. The molecule has 0 spiro atoms. The van der Waals surface area contributed by atoms with Crippen LogP contribution in [0.5, 0.6) is 0 Å². The van der Waals surface area contributed by atoms with Gasteiger partial charge in [-0.05, 0) is 44.0 Å². The van der Waals surface area contributed by atoms with Gasteiger partial charge in [0.05, 0.1) is 0 Å². The Morgan fingerprint density at radius 2 is 2.22 bits per heavy atom. The molecule has 2 N–H and O–H groups in total. The Balaban J connectivity index is 2.16. The largest absolute Gasteiger partial charge is 0.396 e. The number of nitrogens with zero attached hydrogens (tertiary/aromatic N) is 2. The molecule has 4 nitrogen and oxygen atoms in total. The van der Waals surface area contributed by atoms with E-state index in [9.17, 15) is 0 Å². The summed E-state index contributed by atoms with van der Waals surface area (Å²) in [5.41, 5.74) is 2.36. The topological polar surface area (TPSA) is 50.1 Å². The first-order chi connectivity index (χ1) is 8.86. The van der Waals surface area contributed by atoms with E-state index in [1.54, 1.807) is 0 Å². The summed E-state index contributed by atoms with van der Waals surface area (Å²) in [6.07, 6.45) is 7.06. The van der Waals surface area contributed by atoms with Crippen LogP contribution in [0.25, 0.3) is 11.0 Å². The Morgan fingerprint density at radius 3 is 3.00 bits per heavy atom. The van der Waals surface area contributed by atoms with Crippen LogP contribution in [0, 0.1) is 0 Å². The van der Waals surface area contributed by atoms with Crippen LogP contribution in [0.1, 0.15) is 24.8 Å². The van der Waals surface area contributed by atoms with Gasteiger partial charge in [-0.3, -0.25) is 0 Å². The molecule has 0 saturated carbocycles. The third kappa shape index (κ3) is 2.89. The predicted molar refractivity (Wildman–Crippen MR) is 73.4 cm³/mol. The molecule has 0 amide bonds. The van der Waals surface area contributed by atoms with Crippen LogP contribution >= 0.6 is 0 Å². The highest BCUT2D eigenvalue weighted by molar-refractivity contribution is 5.80. The molecule has 0 aliphatic carbocycles. The molecule has 0 fully saturated rings. The lowest BCUT2D eigenvalue weighted by Crippen LogP contribution is -2.04. The lowest BCUT2D eigenvalue weighted by atomic mass is 10.2. The number of rotatable bonds is 7. The fraction of sp³-hybridized carbons (Fsp3) is 0.500. The monoisotopic (exact) mass is 247 g/mol. The Bertz CT molecular complexity index is 493. The number of hydrogen-bond acceptors (Lipinski definition) is 3. The van der Waals surface area contributed by atoms with Gasteiger partial charge in [-0.15, -0.1) is 0 Å². The highest BCUT2D eigenvalue weighted by Crippen LogP contribution is 2.19. The summed E-state index contributed by atoms with van der Waals surface area (Å²) in [4.78, 5) is 4.47. The molecule has 0 aliphatic rings. The summed E-state index contributed by atoms with van der Waals surface area (Å²) in [5, 5.41) is 13.2. The van der Waals surface area contributed by atoms with Crippen molar-refractivity contribution in [1.29, 1.82) is 0 Å².